The predicted octanol–water partition coefficient (Wildman–Crippen LogP) is 3.21. The molecule has 1 N–H and O–H groups in total. The van der Waals surface area contributed by atoms with Crippen molar-refractivity contribution in [3.8, 4) is 0 Å². The quantitative estimate of drug-likeness (QED) is 0.790. The molecule has 0 radical (unpaired) electrons. The fraction of sp³-hybridized carbons (Fsp3) is 0.429. The highest BCUT2D eigenvalue weighted by Crippen LogP contribution is 2.35. The second kappa shape index (κ2) is 3.95. The molecule has 0 unspecified atom stereocenters. The van der Waals surface area contributed by atoms with E-state index >= 15 is 0 Å². The first-order valence-electron chi connectivity index (χ1n) is 6.05. The number of furan rings is 1. The van der Waals surface area contributed by atoms with Crippen LogP contribution in [0.3, 0.4) is 0 Å². The summed E-state index contributed by atoms with van der Waals surface area (Å²) in [5, 5.41) is 4.73. The van der Waals surface area contributed by atoms with E-state index in [9.17, 15) is 0 Å². The van der Waals surface area contributed by atoms with Crippen molar-refractivity contribution in [3.63, 3.8) is 0 Å². The van der Waals surface area contributed by atoms with Crippen LogP contribution >= 0.6 is 0 Å². The van der Waals surface area contributed by atoms with Crippen LogP contribution in [0.15, 0.2) is 28.7 Å². The molecule has 1 aliphatic heterocycles. The van der Waals surface area contributed by atoms with Crippen LogP contribution in [0.1, 0.15) is 30.1 Å². The maximum Gasteiger partial charge on any atom is 0.134 e. The Morgan fingerprint density at radius 3 is 2.75 bits per heavy atom. The Morgan fingerprint density at radius 2 is 1.94 bits per heavy atom. The third kappa shape index (κ3) is 1.54. The fourth-order valence-electron chi connectivity index (χ4n) is 2.81. The van der Waals surface area contributed by atoms with E-state index in [4.69, 9.17) is 4.42 Å². The van der Waals surface area contributed by atoms with Crippen LogP contribution in [-0.2, 0) is 0 Å². The molecule has 16 heavy (non-hydrogen) atoms. The molecule has 0 spiro atoms. The Balaban J connectivity index is 2.10. The minimum atomic E-state index is 0.671. The summed E-state index contributed by atoms with van der Waals surface area (Å²) < 4.78 is 5.83. The molecule has 1 aromatic heterocycles. The van der Waals surface area contributed by atoms with Crippen molar-refractivity contribution in [3.05, 3.63) is 35.6 Å². The minimum absolute atomic E-state index is 0.671. The summed E-state index contributed by atoms with van der Waals surface area (Å²) in [6, 6.07) is 8.38. The number of rotatable bonds is 1. The van der Waals surface area contributed by atoms with E-state index in [2.05, 4.69) is 30.4 Å². The molecule has 2 nitrogen and oxygen atoms in total. The summed E-state index contributed by atoms with van der Waals surface area (Å²) in [6.07, 6.45) is 2.45. The van der Waals surface area contributed by atoms with Crippen molar-refractivity contribution in [2.75, 3.05) is 13.1 Å². The van der Waals surface area contributed by atoms with Crippen LogP contribution in [0.5, 0.6) is 0 Å². The second-order valence-corrected chi connectivity index (χ2v) is 4.59. The third-order valence-electron chi connectivity index (χ3n) is 3.57. The summed E-state index contributed by atoms with van der Waals surface area (Å²) in [5.41, 5.74) is 2.48. The predicted molar refractivity (Wildman–Crippen MR) is 65.8 cm³/mol. The normalized spacial score (nSPS) is 18.1. The van der Waals surface area contributed by atoms with E-state index in [0.717, 1.165) is 24.4 Å². The second-order valence-electron chi connectivity index (χ2n) is 4.59. The molecule has 0 saturated carbocycles. The van der Waals surface area contributed by atoms with Gasteiger partial charge < -0.3 is 9.73 Å². The van der Waals surface area contributed by atoms with E-state index in [0.29, 0.717) is 5.92 Å². The van der Waals surface area contributed by atoms with Crippen LogP contribution in [-0.4, -0.2) is 13.1 Å². The molecule has 3 rings (SSSR count). The van der Waals surface area contributed by atoms with Crippen molar-refractivity contribution >= 4 is 11.0 Å². The number of fused-ring (bicyclic) bond motifs is 1. The summed E-state index contributed by atoms with van der Waals surface area (Å²) >= 11 is 0. The molecule has 1 fully saturated rings. The van der Waals surface area contributed by atoms with Crippen LogP contribution < -0.4 is 5.32 Å². The smallest absolute Gasteiger partial charge is 0.134 e. The van der Waals surface area contributed by atoms with Gasteiger partial charge in [0.25, 0.3) is 0 Å². The van der Waals surface area contributed by atoms with E-state index in [1.54, 1.807) is 0 Å². The largest absolute Gasteiger partial charge is 0.461 e. The first-order chi connectivity index (χ1) is 7.86. The van der Waals surface area contributed by atoms with Crippen LogP contribution in [0.2, 0.25) is 0 Å². The topological polar surface area (TPSA) is 25.2 Å². The standard InChI is InChI=1S/C14H17NO/c1-10-14(11-6-8-15-9-7-11)12-4-2-3-5-13(12)16-10/h2-5,11,15H,6-9H2,1H3. The molecule has 84 valence electrons. The van der Waals surface area contributed by atoms with Gasteiger partial charge in [-0.1, -0.05) is 18.2 Å². The van der Waals surface area contributed by atoms with Crippen molar-refractivity contribution in [1.29, 1.82) is 0 Å². The molecular formula is C14H17NO. The first kappa shape index (κ1) is 9.91. The van der Waals surface area contributed by atoms with Crippen molar-refractivity contribution in [1.82, 2.24) is 5.32 Å². The number of benzene rings is 1. The number of hydrogen-bond acceptors (Lipinski definition) is 2. The van der Waals surface area contributed by atoms with Crippen LogP contribution in [0.25, 0.3) is 11.0 Å². The van der Waals surface area contributed by atoms with Crippen molar-refractivity contribution in [2.24, 2.45) is 0 Å². The maximum atomic E-state index is 5.83. The Hall–Kier alpha value is -1.28. The monoisotopic (exact) mass is 215 g/mol. The molecule has 0 aliphatic carbocycles. The lowest BCUT2D eigenvalue weighted by molar-refractivity contribution is 0.452. The fourth-order valence-corrected chi connectivity index (χ4v) is 2.81. The van der Waals surface area contributed by atoms with Gasteiger partial charge in [0.05, 0.1) is 0 Å². The highest BCUT2D eigenvalue weighted by atomic mass is 16.3. The Bertz CT molecular complexity index is 494. The Labute approximate surface area is 95.6 Å². The van der Waals surface area contributed by atoms with Gasteiger partial charge in [-0.3, -0.25) is 0 Å². The molecule has 2 heterocycles. The summed E-state index contributed by atoms with van der Waals surface area (Å²) in [5.74, 6) is 1.78. The van der Waals surface area contributed by atoms with Gasteiger partial charge in [0, 0.05) is 10.9 Å². The highest BCUT2D eigenvalue weighted by Gasteiger charge is 2.21. The lowest BCUT2D eigenvalue weighted by atomic mass is 9.88. The molecular weight excluding hydrogens is 198 g/mol. The number of piperidine rings is 1. The van der Waals surface area contributed by atoms with Gasteiger partial charge >= 0.3 is 0 Å². The Kier molecular flexibility index (Phi) is 2.44. The zero-order chi connectivity index (χ0) is 11.0. The molecule has 1 saturated heterocycles. The lowest BCUT2D eigenvalue weighted by Crippen LogP contribution is -2.26. The zero-order valence-electron chi connectivity index (χ0n) is 9.62. The summed E-state index contributed by atoms with van der Waals surface area (Å²) in [6.45, 7) is 4.35. The van der Waals surface area contributed by atoms with Gasteiger partial charge in [0.2, 0.25) is 0 Å². The highest BCUT2D eigenvalue weighted by molar-refractivity contribution is 5.82. The molecule has 2 aromatic rings. The third-order valence-corrected chi connectivity index (χ3v) is 3.57. The summed E-state index contributed by atoms with van der Waals surface area (Å²) in [7, 11) is 0. The molecule has 0 amide bonds. The Morgan fingerprint density at radius 1 is 1.19 bits per heavy atom. The SMILES string of the molecule is Cc1oc2ccccc2c1C1CCNCC1. The van der Waals surface area contributed by atoms with E-state index in [-0.39, 0.29) is 0 Å². The van der Waals surface area contributed by atoms with E-state index in [1.165, 1.54) is 23.8 Å². The summed E-state index contributed by atoms with van der Waals surface area (Å²) in [4.78, 5) is 0. The van der Waals surface area contributed by atoms with Gasteiger partial charge in [-0.25, -0.2) is 0 Å². The zero-order valence-corrected chi connectivity index (χ0v) is 9.62. The minimum Gasteiger partial charge on any atom is -0.461 e. The van der Waals surface area contributed by atoms with Crippen molar-refractivity contribution < 1.29 is 4.42 Å². The molecule has 0 atom stereocenters. The van der Waals surface area contributed by atoms with E-state index < -0.39 is 0 Å². The number of nitrogens with one attached hydrogen (secondary N) is 1. The maximum absolute atomic E-state index is 5.83. The lowest BCUT2D eigenvalue weighted by Gasteiger charge is -2.22. The molecule has 2 heteroatoms. The van der Waals surface area contributed by atoms with Gasteiger partial charge in [-0.15, -0.1) is 0 Å². The van der Waals surface area contributed by atoms with Gasteiger partial charge in [-0.05, 0) is 44.8 Å². The van der Waals surface area contributed by atoms with Crippen molar-refractivity contribution in [2.45, 2.75) is 25.7 Å². The molecule has 1 aromatic carbocycles. The van der Waals surface area contributed by atoms with Gasteiger partial charge in [0.15, 0.2) is 0 Å². The molecule has 1 aliphatic rings. The molecule has 0 bridgehead atoms. The first-order valence-corrected chi connectivity index (χ1v) is 6.05. The average molecular weight is 215 g/mol. The van der Waals surface area contributed by atoms with Gasteiger partial charge in [-0.2, -0.15) is 0 Å². The number of para-hydroxylation sites is 1. The van der Waals surface area contributed by atoms with Crippen LogP contribution in [0.4, 0.5) is 0 Å². The van der Waals surface area contributed by atoms with E-state index in [1.807, 2.05) is 6.07 Å². The average Bonchev–Trinajstić information content (AvgIpc) is 2.66. The number of hydrogen-bond donors (Lipinski definition) is 1. The van der Waals surface area contributed by atoms with Crippen LogP contribution in [0, 0.1) is 6.92 Å². The number of aryl methyl sites for hydroxylation is 1. The van der Waals surface area contributed by atoms with Gasteiger partial charge in [0.1, 0.15) is 11.3 Å².